The van der Waals surface area contributed by atoms with Gasteiger partial charge in [0.1, 0.15) is 0 Å². The summed E-state index contributed by atoms with van der Waals surface area (Å²) >= 11 is 1.18. The predicted molar refractivity (Wildman–Crippen MR) is 78.4 cm³/mol. The zero-order valence-electron chi connectivity index (χ0n) is 12.0. The average molecular weight is 316 g/mol. The highest BCUT2D eigenvalue weighted by Crippen LogP contribution is 2.31. The number of hydrogen-bond acceptors (Lipinski definition) is 5. The third kappa shape index (κ3) is 2.80. The van der Waals surface area contributed by atoms with Crippen molar-refractivity contribution in [3.63, 3.8) is 0 Å². The SMILES string of the molecule is CCC(=O)[C@@H]1CCCCN1S(=O)(=O)c1sc(C)nc1C. The molecule has 0 bridgehead atoms. The number of piperidine rings is 1. The molecule has 0 amide bonds. The molecule has 1 aliphatic heterocycles. The van der Waals surface area contributed by atoms with Crippen molar-refractivity contribution in [2.45, 2.75) is 56.7 Å². The molecule has 2 rings (SSSR count). The fourth-order valence-corrected chi connectivity index (χ4v) is 5.88. The van der Waals surface area contributed by atoms with Crippen LogP contribution in [0.25, 0.3) is 0 Å². The fourth-order valence-electron chi connectivity index (χ4n) is 2.61. The highest BCUT2D eigenvalue weighted by molar-refractivity contribution is 7.91. The fraction of sp³-hybridized carbons (Fsp3) is 0.692. The van der Waals surface area contributed by atoms with Gasteiger partial charge in [0.25, 0.3) is 10.0 Å². The molecular weight excluding hydrogens is 296 g/mol. The molecule has 0 spiro atoms. The summed E-state index contributed by atoms with van der Waals surface area (Å²) in [5.41, 5.74) is 0.528. The highest BCUT2D eigenvalue weighted by Gasteiger charge is 2.38. The molecule has 1 aliphatic rings. The number of carbonyl (C=O) groups excluding carboxylic acids is 1. The molecular formula is C13H20N2O3S2. The van der Waals surface area contributed by atoms with Crippen molar-refractivity contribution in [1.82, 2.24) is 9.29 Å². The highest BCUT2D eigenvalue weighted by atomic mass is 32.2. The largest absolute Gasteiger partial charge is 0.298 e. The van der Waals surface area contributed by atoms with Crippen molar-refractivity contribution in [1.29, 1.82) is 0 Å². The van der Waals surface area contributed by atoms with E-state index in [0.29, 0.717) is 25.1 Å². The molecule has 5 nitrogen and oxygen atoms in total. The van der Waals surface area contributed by atoms with Gasteiger partial charge in [-0.05, 0) is 26.7 Å². The van der Waals surface area contributed by atoms with Gasteiger partial charge in [0.15, 0.2) is 9.99 Å². The topological polar surface area (TPSA) is 67.3 Å². The predicted octanol–water partition coefficient (Wildman–Crippen LogP) is 2.28. The summed E-state index contributed by atoms with van der Waals surface area (Å²) in [5, 5.41) is 0.733. The third-order valence-corrected chi connectivity index (χ3v) is 7.15. The lowest BCUT2D eigenvalue weighted by atomic mass is 10.00. The summed E-state index contributed by atoms with van der Waals surface area (Å²) in [4.78, 5) is 16.2. The van der Waals surface area contributed by atoms with Crippen molar-refractivity contribution in [3.05, 3.63) is 10.7 Å². The number of Topliss-reactive ketones (excluding diaryl/α,β-unsaturated/α-hetero) is 1. The Kier molecular flexibility index (Phi) is 4.61. The van der Waals surface area contributed by atoms with Gasteiger partial charge in [0, 0.05) is 13.0 Å². The maximum Gasteiger partial charge on any atom is 0.255 e. The molecule has 1 atom stereocenters. The van der Waals surface area contributed by atoms with Gasteiger partial charge in [-0.15, -0.1) is 11.3 Å². The van der Waals surface area contributed by atoms with Crippen LogP contribution in [0.2, 0.25) is 0 Å². The number of thiazole rings is 1. The van der Waals surface area contributed by atoms with Gasteiger partial charge < -0.3 is 0 Å². The number of hydrogen-bond donors (Lipinski definition) is 0. The van der Waals surface area contributed by atoms with Gasteiger partial charge >= 0.3 is 0 Å². The number of aryl methyl sites for hydroxylation is 2. The summed E-state index contributed by atoms with van der Waals surface area (Å²) in [6.07, 6.45) is 2.72. The van der Waals surface area contributed by atoms with Crippen molar-refractivity contribution in [3.8, 4) is 0 Å². The molecule has 1 fully saturated rings. The Bertz CT molecular complexity index is 607. The minimum atomic E-state index is -3.61. The number of carbonyl (C=O) groups is 1. The van der Waals surface area contributed by atoms with Crippen molar-refractivity contribution in [2.75, 3.05) is 6.54 Å². The number of nitrogens with zero attached hydrogens (tertiary/aromatic N) is 2. The van der Waals surface area contributed by atoms with E-state index in [0.717, 1.165) is 17.8 Å². The number of ketones is 1. The van der Waals surface area contributed by atoms with Gasteiger partial charge in [-0.25, -0.2) is 13.4 Å². The second-order valence-corrected chi connectivity index (χ2v) is 8.34. The molecule has 20 heavy (non-hydrogen) atoms. The van der Waals surface area contributed by atoms with Crippen molar-refractivity contribution >= 4 is 27.1 Å². The molecule has 0 aliphatic carbocycles. The molecule has 7 heteroatoms. The number of sulfonamides is 1. The first-order chi connectivity index (χ1) is 9.37. The molecule has 1 aromatic rings. The van der Waals surface area contributed by atoms with Crippen LogP contribution in [0.5, 0.6) is 0 Å². The van der Waals surface area contributed by atoms with Gasteiger partial charge in [-0.1, -0.05) is 13.3 Å². The quantitative estimate of drug-likeness (QED) is 0.854. The lowest BCUT2D eigenvalue weighted by molar-refractivity contribution is -0.123. The Morgan fingerprint density at radius 1 is 1.40 bits per heavy atom. The van der Waals surface area contributed by atoms with Crippen LogP contribution in [-0.2, 0) is 14.8 Å². The first kappa shape index (κ1) is 15.6. The normalized spacial score (nSPS) is 21.1. The van der Waals surface area contributed by atoms with Crippen LogP contribution in [-0.4, -0.2) is 36.1 Å². The van der Waals surface area contributed by atoms with E-state index in [-0.39, 0.29) is 9.99 Å². The second-order valence-electron chi connectivity index (χ2n) is 5.05. The van der Waals surface area contributed by atoms with Crippen LogP contribution in [0.3, 0.4) is 0 Å². The monoisotopic (exact) mass is 316 g/mol. The number of aromatic nitrogens is 1. The zero-order valence-corrected chi connectivity index (χ0v) is 13.7. The van der Waals surface area contributed by atoms with Crippen molar-refractivity contribution < 1.29 is 13.2 Å². The lowest BCUT2D eigenvalue weighted by Crippen LogP contribution is -2.47. The molecule has 112 valence electrons. The molecule has 0 radical (unpaired) electrons. The van der Waals surface area contributed by atoms with E-state index in [4.69, 9.17) is 0 Å². The van der Waals surface area contributed by atoms with Gasteiger partial charge in [0.2, 0.25) is 0 Å². The Labute approximate surface area is 124 Å². The van der Waals surface area contributed by atoms with E-state index < -0.39 is 16.1 Å². The smallest absolute Gasteiger partial charge is 0.255 e. The van der Waals surface area contributed by atoms with Gasteiger partial charge in [-0.3, -0.25) is 4.79 Å². The van der Waals surface area contributed by atoms with Crippen LogP contribution in [0.1, 0.15) is 43.3 Å². The molecule has 1 aromatic heterocycles. The maximum atomic E-state index is 12.8. The zero-order chi connectivity index (χ0) is 14.9. The molecule has 0 saturated carbocycles. The maximum absolute atomic E-state index is 12.8. The minimum absolute atomic E-state index is 0.00663. The summed E-state index contributed by atoms with van der Waals surface area (Å²) in [5.74, 6) is 0.00663. The van der Waals surface area contributed by atoms with Crippen LogP contribution in [0.15, 0.2) is 4.21 Å². The number of rotatable bonds is 4. The second kappa shape index (κ2) is 5.91. The van der Waals surface area contributed by atoms with E-state index in [1.807, 2.05) is 0 Å². The summed E-state index contributed by atoms with van der Waals surface area (Å²) < 4.78 is 27.3. The van der Waals surface area contributed by atoms with E-state index >= 15 is 0 Å². The minimum Gasteiger partial charge on any atom is -0.298 e. The lowest BCUT2D eigenvalue weighted by Gasteiger charge is -2.33. The Morgan fingerprint density at radius 3 is 2.65 bits per heavy atom. The van der Waals surface area contributed by atoms with E-state index in [1.165, 1.54) is 15.6 Å². The van der Waals surface area contributed by atoms with E-state index in [9.17, 15) is 13.2 Å². The third-order valence-electron chi connectivity index (χ3n) is 3.58. The van der Waals surface area contributed by atoms with E-state index in [2.05, 4.69) is 4.98 Å². The molecule has 2 heterocycles. The summed E-state index contributed by atoms with van der Waals surface area (Å²) in [6.45, 7) is 5.71. The standard InChI is InChI=1S/C13H20N2O3S2/c1-4-12(16)11-7-5-6-8-15(11)20(17,18)13-9(2)14-10(3)19-13/h11H,4-8H2,1-3H3/t11-/m0/s1. The van der Waals surface area contributed by atoms with Crippen LogP contribution in [0.4, 0.5) is 0 Å². The Balaban J connectivity index is 2.40. The molecule has 0 N–H and O–H groups in total. The average Bonchev–Trinajstić information content (AvgIpc) is 2.77. The summed E-state index contributed by atoms with van der Waals surface area (Å²) in [7, 11) is -3.61. The summed E-state index contributed by atoms with van der Waals surface area (Å²) in [6, 6.07) is -0.499. The molecule has 0 aromatic carbocycles. The van der Waals surface area contributed by atoms with Crippen LogP contribution >= 0.6 is 11.3 Å². The van der Waals surface area contributed by atoms with Crippen LogP contribution < -0.4 is 0 Å². The Hall–Kier alpha value is -0.790. The molecule has 0 unspecified atom stereocenters. The first-order valence-electron chi connectivity index (χ1n) is 6.86. The van der Waals surface area contributed by atoms with Gasteiger partial charge in [-0.2, -0.15) is 4.31 Å². The van der Waals surface area contributed by atoms with E-state index in [1.54, 1.807) is 20.8 Å². The molecule has 1 saturated heterocycles. The van der Waals surface area contributed by atoms with Crippen LogP contribution in [0, 0.1) is 13.8 Å². The Morgan fingerprint density at radius 2 is 2.10 bits per heavy atom. The van der Waals surface area contributed by atoms with Gasteiger partial charge in [0.05, 0.1) is 16.7 Å². The van der Waals surface area contributed by atoms with Crippen molar-refractivity contribution in [2.24, 2.45) is 0 Å². The first-order valence-corrected chi connectivity index (χ1v) is 9.12.